The molecular weight excluding hydrogens is 1230 g/mol. The SMILES string of the molecule is C=C1C[C@H]2C=Nc3cc(OCCCCCOc4cc(N)c(C(=O)N5CC(=C)C[C@H]5C5OCCN5C(=O)OCC(C)(C)SSCCC(=O)NCCNC(=O)CCOCCOCCOCCOCCNC(=O)CCN5C(=O)C=CC5=O)cc4OC)c(OC)cc3C(=O)N2C1. The molecule has 5 aliphatic heterocycles. The molecule has 5 heterocycles. The van der Waals surface area contributed by atoms with Crippen molar-refractivity contribution in [1.29, 1.82) is 0 Å². The maximum Gasteiger partial charge on any atom is 0.412 e. The van der Waals surface area contributed by atoms with Crippen LogP contribution in [0, 0.1) is 0 Å². The second-order valence-electron chi connectivity index (χ2n) is 22.6. The van der Waals surface area contributed by atoms with Gasteiger partial charge in [0.05, 0.1) is 127 Å². The van der Waals surface area contributed by atoms with Crippen LogP contribution < -0.4 is 40.6 Å². The van der Waals surface area contributed by atoms with Crippen LogP contribution >= 0.6 is 21.6 Å². The number of hydrogen-bond donors (Lipinski definition) is 4. The lowest BCUT2D eigenvalue weighted by Gasteiger charge is -2.33. The number of nitrogens with two attached hydrogens (primary N) is 1. The average Bonchev–Trinajstić information content (AvgIpc) is 1.58. The lowest BCUT2D eigenvalue weighted by molar-refractivity contribution is -0.137. The molecule has 0 saturated carbocycles. The summed E-state index contributed by atoms with van der Waals surface area (Å²) < 4.78 is 56.7. The number of carbonyl (C=O) groups is 8. The maximum absolute atomic E-state index is 14.4. The number of unbranched alkanes of at least 4 members (excludes halogenated alkanes) is 2. The summed E-state index contributed by atoms with van der Waals surface area (Å²) in [6.07, 6.45) is 6.45. The molecule has 3 saturated heterocycles. The third-order valence-electron chi connectivity index (χ3n) is 15.0. The number of nitrogen functional groups attached to an aromatic ring is 1. The highest BCUT2D eigenvalue weighted by Crippen LogP contribution is 2.40. The Kier molecular flexibility index (Phi) is 28.8. The average molecular weight is 1320 g/mol. The number of methoxy groups -OCH3 is 2. The molecule has 92 heavy (non-hydrogen) atoms. The van der Waals surface area contributed by atoms with Crippen molar-refractivity contribution in [1.82, 2.24) is 35.6 Å². The van der Waals surface area contributed by atoms with E-state index in [-0.39, 0.29) is 132 Å². The highest BCUT2D eigenvalue weighted by molar-refractivity contribution is 8.77. The van der Waals surface area contributed by atoms with E-state index in [1.165, 1.54) is 52.9 Å². The Labute approximate surface area is 544 Å². The number of hydrogen-bond acceptors (Lipinski definition) is 22. The monoisotopic (exact) mass is 1320 g/mol. The maximum atomic E-state index is 14.4. The minimum atomic E-state index is -0.794. The molecule has 0 spiro atoms. The van der Waals surface area contributed by atoms with Crippen molar-refractivity contribution in [2.75, 3.05) is 151 Å². The van der Waals surface area contributed by atoms with E-state index in [9.17, 15) is 38.4 Å². The third kappa shape index (κ3) is 21.9. The Hall–Kier alpha value is -7.41. The van der Waals surface area contributed by atoms with Gasteiger partial charge in [-0.25, -0.2) is 4.79 Å². The Morgan fingerprint density at radius 1 is 0.696 bits per heavy atom. The van der Waals surface area contributed by atoms with Gasteiger partial charge in [0.25, 0.3) is 23.6 Å². The van der Waals surface area contributed by atoms with Crippen molar-refractivity contribution in [2.45, 2.75) is 88.3 Å². The zero-order valence-electron chi connectivity index (χ0n) is 53.0. The van der Waals surface area contributed by atoms with E-state index in [2.05, 4.69) is 34.1 Å². The molecule has 504 valence electrons. The van der Waals surface area contributed by atoms with Crippen LogP contribution in [-0.2, 0) is 52.4 Å². The number of aliphatic imine (C=N–C) groups is 1. The molecule has 2 aromatic rings. The second kappa shape index (κ2) is 36.7. The standard InChI is InChI=1S/C63H87N9O18S2/c1-42-32-44-38-68-48-37-53(51(82-6)35-46(48)60(79)71(44)39-42)88-21-9-7-8-20-87-52-36-47(64)45(34-50(52)81-5)59(78)72-40-43(2)33-49(72)61-70(19-24-89-61)62(80)90-41-63(3,4)92-91-31-14-56(75)66-16-15-65-55(74)13-22-83-25-27-85-29-30-86-28-26-84-23-17-67-54(73)12-18-69-57(76)10-11-58(69)77/h10-11,34-38,44,49,61H,1-2,7-9,12-33,39-41,64H2,3-6H3,(H,65,74)(H,66,75)(H,67,73)/t44-,49-,61?/m0/s1. The molecule has 3 fully saturated rings. The molecular formula is C63H87N9O18S2. The molecule has 5 N–H and O–H groups in total. The first kappa shape index (κ1) is 72.0. The van der Waals surface area contributed by atoms with E-state index in [4.69, 9.17) is 53.1 Å². The largest absolute Gasteiger partial charge is 0.493 e. The van der Waals surface area contributed by atoms with E-state index in [0.29, 0.717) is 125 Å². The summed E-state index contributed by atoms with van der Waals surface area (Å²) in [5.74, 6) is 0.182. The van der Waals surface area contributed by atoms with Crippen LogP contribution in [0.2, 0.25) is 0 Å². The highest BCUT2D eigenvalue weighted by atomic mass is 33.1. The molecule has 29 heteroatoms. The van der Waals surface area contributed by atoms with Crippen LogP contribution in [0.5, 0.6) is 23.0 Å². The van der Waals surface area contributed by atoms with Crippen LogP contribution in [0.4, 0.5) is 16.2 Å². The van der Waals surface area contributed by atoms with E-state index in [1.54, 1.807) is 40.3 Å². The van der Waals surface area contributed by atoms with Crippen LogP contribution in [0.25, 0.3) is 0 Å². The van der Waals surface area contributed by atoms with Gasteiger partial charge < -0.3 is 78.9 Å². The number of rotatable bonds is 40. The number of nitrogens with one attached hydrogen (secondary N) is 3. The molecule has 0 radical (unpaired) electrons. The van der Waals surface area contributed by atoms with Gasteiger partial charge in [0.2, 0.25) is 17.7 Å². The van der Waals surface area contributed by atoms with Gasteiger partial charge in [-0.2, -0.15) is 0 Å². The minimum absolute atomic E-state index is 0.0174. The second-order valence-corrected chi connectivity index (χ2v) is 25.8. The number of ether oxygens (including phenoxy) is 10. The third-order valence-corrected chi connectivity index (χ3v) is 18.3. The predicted molar refractivity (Wildman–Crippen MR) is 344 cm³/mol. The number of carbonyl (C=O) groups excluding carboxylic acids is 8. The lowest BCUT2D eigenvalue weighted by Crippen LogP contribution is -2.51. The van der Waals surface area contributed by atoms with Crippen molar-refractivity contribution in [3.63, 3.8) is 0 Å². The fraction of sp³-hybridized carbons (Fsp3) is 0.571. The smallest absolute Gasteiger partial charge is 0.412 e. The molecule has 1 unspecified atom stereocenters. The van der Waals surface area contributed by atoms with E-state index in [0.717, 1.165) is 22.5 Å². The van der Waals surface area contributed by atoms with Crippen molar-refractivity contribution < 1.29 is 85.7 Å². The molecule has 0 bridgehead atoms. The highest BCUT2D eigenvalue weighted by Gasteiger charge is 2.45. The molecule has 8 amide bonds. The van der Waals surface area contributed by atoms with E-state index in [1.807, 2.05) is 13.8 Å². The Bertz CT molecular complexity index is 2980. The summed E-state index contributed by atoms with van der Waals surface area (Å²) in [5.41, 5.74) is 9.73. The number of imide groups is 1. The Morgan fingerprint density at radius 2 is 1.29 bits per heavy atom. The lowest BCUT2D eigenvalue weighted by atomic mass is 10.1. The fourth-order valence-electron chi connectivity index (χ4n) is 10.2. The summed E-state index contributed by atoms with van der Waals surface area (Å²) >= 11 is 0. The predicted octanol–water partition coefficient (Wildman–Crippen LogP) is 4.64. The van der Waals surface area contributed by atoms with Crippen molar-refractivity contribution in [2.24, 2.45) is 4.99 Å². The van der Waals surface area contributed by atoms with Crippen molar-refractivity contribution in [3.05, 3.63) is 71.8 Å². The van der Waals surface area contributed by atoms with Gasteiger partial charge in [-0.05, 0) is 58.1 Å². The minimum Gasteiger partial charge on any atom is -0.493 e. The Balaban J connectivity index is 0.699. The Morgan fingerprint density at radius 3 is 1.97 bits per heavy atom. The summed E-state index contributed by atoms with van der Waals surface area (Å²) in [7, 11) is 6.00. The first-order valence-corrected chi connectivity index (χ1v) is 33.1. The van der Waals surface area contributed by atoms with E-state index >= 15 is 0 Å². The van der Waals surface area contributed by atoms with Gasteiger partial charge in [-0.3, -0.25) is 48.4 Å². The fourth-order valence-corrected chi connectivity index (χ4v) is 12.6. The van der Waals surface area contributed by atoms with Crippen molar-refractivity contribution in [3.8, 4) is 23.0 Å². The first-order chi connectivity index (χ1) is 44.4. The van der Waals surface area contributed by atoms with Crippen LogP contribution in [0.3, 0.4) is 0 Å². The molecule has 7 rings (SSSR count). The number of nitrogens with zero attached hydrogens (tertiary/aromatic N) is 5. The number of benzene rings is 2. The molecule has 5 aliphatic rings. The summed E-state index contributed by atoms with van der Waals surface area (Å²) in [5, 5.41) is 8.24. The van der Waals surface area contributed by atoms with Gasteiger partial charge in [0.1, 0.15) is 6.61 Å². The zero-order chi connectivity index (χ0) is 66.0. The van der Waals surface area contributed by atoms with Crippen molar-refractivity contribution >= 4 is 86.6 Å². The normalized spacial score (nSPS) is 17.7. The molecule has 27 nitrogen and oxygen atoms in total. The number of likely N-dealkylation sites (tertiary alicyclic amines) is 1. The summed E-state index contributed by atoms with van der Waals surface area (Å²) in [4.78, 5) is 112. The van der Waals surface area contributed by atoms with Crippen LogP contribution in [0.1, 0.15) is 85.9 Å². The van der Waals surface area contributed by atoms with Crippen LogP contribution in [0.15, 0.2) is 65.7 Å². The van der Waals surface area contributed by atoms with Gasteiger partial charge in [-0.15, -0.1) is 0 Å². The van der Waals surface area contributed by atoms with E-state index < -0.39 is 34.9 Å². The number of anilines is 1. The quantitative estimate of drug-likeness (QED) is 0.0232. The molecule has 2 aromatic carbocycles. The summed E-state index contributed by atoms with van der Waals surface area (Å²) in [6.45, 7) is 17.5. The molecule has 3 atom stereocenters. The van der Waals surface area contributed by atoms with Gasteiger partial charge in [0.15, 0.2) is 29.2 Å². The number of fused-ring (bicyclic) bond motifs is 2. The molecule has 0 aromatic heterocycles. The van der Waals surface area contributed by atoms with Gasteiger partial charge in [-0.1, -0.05) is 45.9 Å². The number of amides is 8. The van der Waals surface area contributed by atoms with Gasteiger partial charge >= 0.3 is 6.09 Å². The molecule has 0 aliphatic carbocycles. The topological polar surface area (TPSA) is 316 Å². The van der Waals surface area contributed by atoms with Crippen LogP contribution in [-0.4, -0.2) is 241 Å². The first-order valence-electron chi connectivity index (χ1n) is 30.8. The summed E-state index contributed by atoms with van der Waals surface area (Å²) in [6, 6.07) is 5.90. The zero-order valence-corrected chi connectivity index (χ0v) is 54.6. The van der Waals surface area contributed by atoms with Gasteiger partial charge in [0, 0.05) is 100 Å².